The summed E-state index contributed by atoms with van der Waals surface area (Å²) < 4.78 is 3.23. The third-order valence-corrected chi connectivity index (χ3v) is 3.58. The summed E-state index contributed by atoms with van der Waals surface area (Å²) in [5.41, 5.74) is 2.01. The van der Waals surface area contributed by atoms with E-state index in [4.69, 9.17) is 5.11 Å². The molecule has 0 fully saturated rings. The summed E-state index contributed by atoms with van der Waals surface area (Å²) >= 11 is 0. The summed E-state index contributed by atoms with van der Waals surface area (Å²) in [6, 6.07) is 1.41. The molecule has 0 saturated carbocycles. The van der Waals surface area contributed by atoms with E-state index in [1.807, 2.05) is 14.0 Å². The number of hydrogen-bond donors (Lipinski definition) is 1. The number of aromatic nitrogens is 4. The second-order valence-electron chi connectivity index (χ2n) is 5.15. The zero-order valence-corrected chi connectivity index (χ0v) is 12.9. The minimum absolute atomic E-state index is 0.0215. The number of carboxylic acids is 1. The molecule has 8 nitrogen and oxygen atoms in total. The van der Waals surface area contributed by atoms with Crippen LogP contribution in [0, 0.1) is 6.92 Å². The van der Waals surface area contributed by atoms with E-state index < -0.39 is 5.97 Å². The molecule has 2 heterocycles. The highest BCUT2D eigenvalue weighted by Crippen LogP contribution is 2.09. The average Bonchev–Trinajstić information content (AvgIpc) is 3.07. The first-order valence-corrected chi connectivity index (χ1v) is 6.86. The highest BCUT2D eigenvalue weighted by atomic mass is 16.4. The van der Waals surface area contributed by atoms with E-state index in [0.29, 0.717) is 13.1 Å². The van der Waals surface area contributed by atoms with Crippen molar-refractivity contribution in [2.45, 2.75) is 26.4 Å². The van der Waals surface area contributed by atoms with E-state index in [9.17, 15) is 9.59 Å². The zero-order valence-electron chi connectivity index (χ0n) is 12.9. The third kappa shape index (κ3) is 3.51. The first-order valence-electron chi connectivity index (χ1n) is 6.86. The Morgan fingerprint density at radius 3 is 2.68 bits per heavy atom. The molecule has 0 aliphatic rings. The number of nitrogens with zero attached hydrogens (tertiary/aromatic N) is 5. The van der Waals surface area contributed by atoms with Gasteiger partial charge in [0.15, 0.2) is 5.69 Å². The summed E-state index contributed by atoms with van der Waals surface area (Å²) in [5.74, 6) is -1.11. The average molecular weight is 305 g/mol. The monoisotopic (exact) mass is 305 g/mol. The molecule has 0 spiro atoms. The van der Waals surface area contributed by atoms with Crippen LogP contribution in [0.2, 0.25) is 0 Å². The highest BCUT2D eigenvalue weighted by Gasteiger charge is 2.13. The van der Waals surface area contributed by atoms with E-state index in [1.54, 1.807) is 29.0 Å². The van der Waals surface area contributed by atoms with Crippen molar-refractivity contribution < 1.29 is 14.7 Å². The van der Waals surface area contributed by atoms with E-state index in [1.165, 1.54) is 10.7 Å². The smallest absolute Gasteiger partial charge is 0.356 e. The van der Waals surface area contributed by atoms with Crippen molar-refractivity contribution >= 4 is 11.9 Å². The SMILES string of the molecule is Cc1c(CN(C)C(=O)CCn2ccc(C(=O)O)n2)cnn1C. The molecule has 0 atom stereocenters. The van der Waals surface area contributed by atoms with Crippen molar-refractivity contribution in [1.29, 1.82) is 0 Å². The van der Waals surface area contributed by atoms with Gasteiger partial charge in [0.1, 0.15) is 0 Å². The van der Waals surface area contributed by atoms with Crippen molar-refractivity contribution in [3.05, 3.63) is 35.4 Å². The molecule has 2 rings (SSSR count). The Hall–Kier alpha value is -2.64. The predicted molar refractivity (Wildman–Crippen MR) is 78.2 cm³/mol. The number of carbonyl (C=O) groups excluding carboxylic acids is 1. The topological polar surface area (TPSA) is 93.2 Å². The number of aryl methyl sites for hydroxylation is 2. The maximum atomic E-state index is 12.1. The maximum Gasteiger partial charge on any atom is 0.356 e. The van der Waals surface area contributed by atoms with E-state index in [-0.39, 0.29) is 18.0 Å². The first kappa shape index (κ1) is 15.7. The molecule has 0 aliphatic carbocycles. The minimum Gasteiger partial charge on any atom is -0.476 e. The lowest BCUT2D eigenvalue weighted by atomic mass is 10.2. The largest absolute Gasteiger partial charge is 0.476 e. The fourth-order valence-corrected chi connectivity index (χ4v) is 2.04. The van der Waals surface area contributed by atoms with Gasteiger partial charge in [0, 0.05) is 51.1 Å². The van der Waals surface area contributed by atoms with Crippen molar-refractivity contribution in [3.63, 3.8) is 0 Å². The molecule has 8 heteroatoms. The quantitative estimate of drug-likeness (QED) is 0.846. The molecule has 118 valence electrons. The van der Waals surface area contributed by atoms with E-state index >= 15 is 0 Å². The van der Waals surface area contributed by atoms with Crippen molar-refractivity contribution in [2.24, 2.45) is 7.05 Å². The molecular formula is C14H19N5O3. The first-order chi connectivity index (χ1) is 10.4. The van der Waals surface area contributed by atoms with Crippen molar-refractivity contribution in [2.75, 3.05) is 7.05 Å². The number of carbonyl (C=O) groups is 2. The maximum absolute atomic E-state index is 12.1. The van der Waals surface area contributed by atoms with Crippen LogP contribution in [-0.4, -0.2) is 48.5 Å². The Balaban J connectivity index is 1.88. The molecule has 0 aromatic carbocycles. The van der Waals surface area contributed by atoms with Gasteiger partial charge in [-0.1, -0.05) is 0 Å². The fraction of sp³-hybridized carbons (Fsp3) is 0.429. The zero-order chi connectivity index (χ0) is 16.3. The van der Waals surface area contributed by atoms with Gasteiger partial charge in [-0.3, -0.25) is 14.2 Å². The molecule has 1 N–H and O–H groups in total. The summed E-state index contributed by atoms with van der Waals surface area (Å²) in [5, 5.41) is 16.8. The Morgan fingerprint density at radius 1 is 1.41 bits per heavy atom. The molecule has 1 amide bonds. The van der Waals surface area contributed by atoms with Gasteiger partial charge in [0.2, 0.25) is 5.91 Å². The Bertz CT molecular complexity index is 688. The number of amides is 1. The highest BCUT2D eigenvalue weighted by molar-refractivity contribution is 5.85. The van der Waals surface area contributed by atoms with Gasteiger partial charge in [-0.15, -0.1) is 0 Å². The van der Waals surface area contributed by atoms with Crippen LogP contribution < -0.4 is 0 Å². The summed E-state index contributed by atoms with van der Waals surface area (Å²) in [7, 11) is 3.60. The van der Waals surface area contributed by atoms with E-state index in [0.717, 1.165) is 11.3 Å². The lowest BCUT2D eigenvalue weighted by molar-refractivity contribution is -0.130. The van der Waals surface area contributed by atoms with Crippen LogP contribution in [0.1, 0.15) is 28.2 Å². The fourth-order valence-electron chi connectivity index (χ4n) is 2.04. The van der Waals surface area contributed by atoms with Gasteiger partial charge >= 0.3 is 5.97 Å². The van der Waals surface area contributed by atoms with Gasteiger partial charge < -0.3 is 10.0 Å². The van der Waals surface area contributed by atoms with Crippen LogP contribution in [0.4, 0.5) is 0 Å². The molecule has 0 unspecified atom stereocenters. The summed E-state index contributed by atoms with van der Waals surface area (Å²) in [6.45, 7) is 2.80. The van der Waals surface area contributed by atoms with Crippen molar-refractivity contribution in [1.82, 2.24) is 24.5 Å². The van der Waals surface area contributed by atoms with Gasteiger partial charge in [-0.2, -0.15) is 10.2 Å². The number of hydrogen-bond acceptors (Lipinski definition) is 4. The standard InChI is InChI=1S/C14H19N5O3/c1-10-11(8-15-18(10)3)9-17(2)13(20)5-7-19-6-4-12(16-19)14(21)22/h4,6,8H,5,7,9H2,1-3H3,(H,21,22). The molecule has 0 aliphatic heterocycles. The second kappa shape index (κ2) is 6.42. The predicted octanol–water partition coefficient (Wildman–Crippen LogP) is 0.672. The lowest BCUT2D eigenvalue weighted by Gasteiger charge is -2.17. The van der Waals surface area contributed by atoms with E-state index in [2.05, 4.69) is 10.2 Å². The van der Waals surface area contributed by atoms with Gasteiger partial charge in [-0.05, 0) is 13.0 Å². The lowest BCUT2D eigenvalue weighted by Crippen LogP contribution is -2.27. The third-order valence-electron chi connectivity index (χ3n) is 3.58. The second-order valence-corrected chi connectivity index (χ2v) is 5.15. The molecule has 2 aromatic rings. The van der Waals surface area contributed by atoms with Crippen LogP contribution in [0.5, 0.6) is 0 Å². The summed E-state index contributed by atoms with van der Waals surface area (Å²) in [4.78, 5) is 24.5. The van der Waals surface area contributed by atoms with Gasteiger partial charge in [0.05, 0.1) is 6.20 Å². The van der Waals surface area contributed by atoms with Crippen LogP contribution in [0.3, 0.4) is 0 Å². The van der Waals surface area contributed by atoms with Gasteiger partial charge in [-0.25, -0.2) is 4.79 Å². The molecule has 0 radical (unpaired) electrons. The normalized spacial score (nSPS) is 10.7. The Kier molecular flexibility index (Phi) is 4.59. The number of aromatic carboxylic acids is 1. The molecule has 2 aromatic heterocycles. The molecule has 22 heavy (non-hydrogen) atoms. The molecular weight excluding hydrogens is 286 g/mol. The Labute approximate surface area is 127 Å². The van der Waals surface area contributed by atoms with Crippen LogP contribution in [-0.2, 0) is 24.9 Å². The van der Waals surface area contributed by atoms with Crippen molar-refractivity contribution in [3.8, 4) is 0 Å². The van der Waals surface area contributed by atoms with Crippen LogP contribution >= 0.6 is 0 Å². The summed E-state index contributed by atoms with van der Waals surface area (Å²) in [6.07, 6.45) is 3.57. The van der Waals surface area contributed by atoms with Crippen LogP contribution in [0.25, 0.3) is 0 Å². The molecule has 0 saturated heterocycles. The molecule has 0 bridgehead atoms. The van der Waals surface area contributed by atoms with Gasteiger partial charge in [0.25, 0.3) is 0 Å². The Morgan fingerprint density at radius 2 is 2.14 bits per heavy atom. The number of carboxylic acid groups (broad SMARTS) is 1. The number of rotatable bonds is 6. The minimum atomic E-state index is -1.07. The van der Waals surface area contributed by atoms with Crippen LogP contribution in [0.15, 0.2) is 18.5 Å².